The second-order valence-corrected chi connectivity index (χ2v) is 6.28. The van der Waals surface area contributed by atoms with E-state index in [1.165, 1.54) is 24.3 Å². The summed E-state index contributed by atoms with van der Waals surface area (Å²) in [6.45, 7) is 5.26. The smallest absolute Gasteiger partial charge is 0.344 e. The molecule has 1 aromatic heterocycles. The fourth-order valence-corrected chi connectivity index (χ4v) is 2.85. The van der Waals surface area contributed by atoms with Gasteiger partial charge in [0.25, 0.3) is 0 Å². The van der Waals surface area contributed by atoms with E-state index in [1.807, 2.05) is 6.92 Å². The molecule has 152 valence electrons. The Labute approximate surface area is 166 Å². The number of halogens is 1. The SMILES string of the molecule is CCOC(=O)COc1cc2oc(C)c(Oc3ccc(F)cc3)c(=O)c2cc1CC. The lowest BCUT2D eigenvalue weighted by Gasteiger charge is -2.13. The largest absolute Gasteiger partial charge is 0.481 e. The van der Waals surface area contributed by atoms with Gasteiger partial charge >= 0.3 is 5.97 Å². The molecule has 3 rings (SSSR count). The second-order valence-electron chi connectivity index (χ2n) is 6.28. The molecule has 0 amide bonds. The lowest BCUT2D eigenvalue weighted by molar-refractivity contribution is -0.145. The third-order valence-electron chi connectivity index (χ3n) is 4.26. The third-order valence-corrected chi connectivity index (χ3v) is 4.26. The Morgan fingerprint density at radius 3 is 2.52 bits per heavy atom. The van der Waals surface area contributed by atoms with E-state index < -0.39 is 11.8 Å². The summed E-state index contributed by atoms with van der Waals surface area (Å²) in [6.07, 6.45) is 0.579. The van der Waals surface area contributed by atoms with Gasteiger partial charge < -0.3 is 18.6 Å². The predicted octanol–water partition coefficient (Wildman–Crippen LogP) is 4.54. The van der Waals surface area contributed by atoms with Gasteiger partial charge in [-0.25, -0.2) is 9.18 Å². The molecule has 29 heavy (non-hydrogen) atoms. The minimum absolute atomic E-state index is 0.0337. The van der Waals surface area contributed by atoms with Gasteiger partial charge in [-0.05, 0) is 56.2 Å². The summed E-state index contributed by atoms with van der Waals surface area (Å²) in [5.74, 6) is 0.200. The van der Waals surface area contributed by atoms with Gasteiger partial charge in [-0.3, -0.25) is 4.79 Å². The molecule has 0 saturated carbocycles. The Morgan fingerprint density at radius 1 is 1.14 bits per heavy atom. The summed E-state index contributed by atoms with van der Waals surface area (Å²) in [6, 6.07) is 8.61. The molecule has 6 nitrogen and oxygen atoms in total. The molecule has 1 heterocycles. The quantitative estimate of drug-likeness (QED) is 0.542. The molecule has 0 radical (unpaired) electrons. The van der Waals surface area contributed by atoms with Gasteiger partial charge in [-0.2, -0.15) is 0 Å². The van der Waals surface area contributed by atoms with Gasteiger partial charge in [-0.1, -0.05) is 6.92 Å². The van der Waals surface area contributed by atoms with Crippen LogP contribution in [-0.2, 0) is 16.0 Å². The maximum absolute atomic E-state index is 13.1. The number of rotatable bonds is 7. The number of carbonyl (C=O) groups excluding carboxylic acids is 1. The fourth-order valence-electron chi connectivity index (χ4n) is 2.85. The number of carbonyl (C=O) groups is 1. The van der Waals surface area contributed by atoms with E-state index in [0.29, 0.717) is 28.9 Å². The Hall–Kier alpha value is -3.35. The standard InChI is InChI=1S/C22H21FO6/c1-4-14-10-17-19(11-18(14)27-12-20(24)26-5-2)28-13(3)22(21(17)25)29-16-8-6-15(23)7-9-16/h6-11H,4-5,12H2,1-3H3. The molecule has 0 aliphatic rings. The Kier molecular flexibility index (Phi) is 6.16. The Morgan fingerprint density at radius 2 is 1.86 bits per heavy atom. The molecule has 0 aliphatic carbocycles. The topological polar surface area (TPSA) is 75.0 Å². The summed E-state index contributed by atoms with van der Waals surface area (Å²) < 4.78 is 34.9. The molecule has 7 heteroatoms. The van der Waals surface area contributed by atoms with Crippen molar-refractivity contribution in [3.05, 3.63) is 63.8 Å². The van der Waals surface area contributed by atoms with E-state index in [2.05, 4.69) is 0 Å². The van der Waals surface area contributed by atoms with Crippen molar-refractivity contribution in [2.24, 2.45) is 0 Å². The van der Waals surface area contributed by atoms with Crippen LogP contribution < -0.4 is 14.9 Å². The summed E-state index contributed by atoms with van der Waals surface area (Å²) in [4.78, 5) is 24.5. The summed E-state index contributed by atoms with van der Waals surface area (Å²) in [5, 5.41) is 0.327. The van der Waals surface area contributed by atoms with Crippen molar-refractivity contribution in [3.63, 3.8) is 0 Å². The molecule has 3 aromatic rings. The van der Waals surface area contributed by atoms with Gasteiger partial charge in [0.1, 0.15) is 28.7 Å². The highest BCUT2D eigenvalue weighted by Crippen LogP contribution is 2.30. The zero-order valence-corrected chi connectivity index (χ0v) is 16.4. The van der Waals surface area contributed by atoms with Crippen LogP contribution in [0.15, 0.2) is 45.6 Å². The predicted molar refractivity (Wildman–Crippen MR) is 105 cm³/mol. The third kappa shape index (κ3) is 4.56. The molecule has 0 atom stereocenters. The van der Waals surface area contributed by atoms with Crippen LogP contribution in [0.3, 0.4) is 0 Å². The molecule has 2 aromatic carbocycles. The number of hydrogen-bond acceptors (Lipinski definition) is 6. The van der Waals surface area contributed by atoms with Crippen molar-refractivity contribution in [2.45, 2.75) is 27.2 Å². The van der Waals surface area contributed by atoms with E-state index in [9.17, 15) is 14.0 Å². The lowest BCUT2D eigenvalue weighted by Crippen LogP contribution is -2.15. The van der Waals surface area contributed by atoms with Crippen molar-refractivity contribution in [2.75, 3.05) is 13.2 Å². The normalized spacial score (nSPS) is 10.8. The molecular weight excluding hydrogens is 379 g/mol. The molecule has 0 spiro atoms. The van der Waals surface area contributed by atoms with Crippen molar-refractivity contribution < 1.29 is 27.8 Å². The van der Waals surface area contributed by atoms with Crippen LogP contribution in [0.5, 0.6) is 17.2 Å². The molecule has 0 aliphatic heterocycles. The zero-order chi connectivity index (χ0) is 21.0. The van der Waals surface area contributed by atoms with Crippen LogP contribution in [-0.4, -0.2) is 19.2 Å². The summed E-state index contributed by atoms with van der Waals surface area (Å²) in [5.41, 5.74) is 0.709. The number of hydrogen-bond donors (Lipinski definition) is 0. The highest BCUT2D eigenvalue weighted by atomic mass is 19.1. The molecule has 0 N–H and O–H groups in total. The number of aryl methyl sites for hydroxylation is 2. The van der Waals surface area contributed by atoms with Crippen LogP contribution in [0.25, 0.3) is 11.0 Å². The van der Waals surface area contributed by atoms with Gasteiger partial charge in [0.15, 0.2) is 6.61 Å². The van der Waals surface area contributed by atoms with Crippen LogP contribution in [0, 0.1) is 12.7 Å². The van der Waals surface area contributed by atoms with E-state index in [4.69, 9.17) is 18.6 Å². The maximum atomic E-state index is 13.1. The van der Waals surface area contributed by atoms with Crippen molar-refractivity contribution in [3.8, 4) is 17.2 Å². The Balaban J connectivity index is 1.99. The van der Waals surface area contributed by atoms with Crippen molar-refractivity contribution in [1.29, 1.82) is 0 Å². The second kappa shape index (κ2) is 8.77. The van der Waals surface area contributed by atoms with E-state index in [1.54, 1.807) is 26.0 Å². The molecular formula is C22H21FO6. The summed E-state index contributed by atoms with van der Waals surface area (Å²) >= 11 is 0. The van der Waals surface area contributed by atoms with E-state index in [0.717, 1.165) is 5.56 Å². The van der Waals surface area contributed by atoms with Gasteiger partial charge in [0.05, 0.1) is 12.0 Å². The van der Waals surface area contributed by atoms with Gasteiger partial charge in [-0.15, -0.1) is 0 Å². The van der Waals surface area contributed by atoms with Gasteiger partial charge in [0, 0.05) is 6.07 Å². The van der Waals surface area contributed by atoms with E-state index >= 15 is 0 Å². The van der Waals surface area contributed by atoms with Crippen LogP contribution in [0.2, 0.25) is 0 Å². The van der Waals surface area contributed by atoms with Crippen LogP contribution in [0.4, 0.5) is 4.39 Å². The molecule has 0 saturated heterocycles. The molecule has 0 bridgehead atoms. The Bertz CT molecular complexity index is 1090. The number of benzene rings is 2. The first-order valence-electron chi connectivity index (χ1n) is 9.25. The highest BCUT2D eigenvalue weighted by molar-refractivity contribution is 5.81. The van der Waals surface area contributed by atoms with E-state index in [-0.39, 0.29) is 30.2 Å². The first-order valence-corrected chi connectivity index (χ1v) is 9.25. The minimum atomic E-state index is -0.477. The maximum Gasteiger partial charge on any atom is 0.344 e. The number of fused-ring (bicyclic) bond motifs is 1. The number of ether oxygens (including phenoxy) is 3. The van der Waals surface area contributed by atoms with Gasteiger partial charge in [0.2, 0.25) is 11.2 Å². The van der Waals surface area contributed by atoms with Crippen molar-refractivity contribution in [1.82, 2.24) is 0 Å². The first kappa shape index (κ1) is 20.4. The molecule has 0 fully saturated rings. The first-order chi connectivity index (χ1) is 13.9. The monoisotopic (exact) mass is 400 g/mol. The number of esters is 1. The van der Waals surface area contributed by atoms with Crippen molar-refractivity contribution >= 4 is 16.9 Å². The lowest BCUT2D eigenvalue weighted by atomic mass is 10.1. The fraction of sp³-hybridized carbons (Fsp3) is 0.273. The average molecular weight is 400 g/mol. The zero-order valence-electron chi connectivity index (χ0n) is 16.4. The average Bonchev–Trinajstić information content (AvgIpc) is 2.70. The summed E-state index contributed by atoms with van der Waals surface area (Å²) in [7, 11) is 0. The molecule has 0 unspecified atom stereocenters. The van der Waals surface area contributed by atoms with Crippen LogP contribution in [0.1, 0.15) is 25.2 Å². The minimum Gasteiger partial charge on any atom is -0.481 e. The van der Waals surface area contributed by atoms with Crippen LogP contribution >= 0.6 is 0 Å². The highest BCUT2D eigenvalue weighted by Gasteiger charge is 2.17.